The van der Waals surface area contributed by atoms with Crippen molar-refractivity contribution in [2.75, 3.05) is 46.1 Å². The first kappa shape index (κ1) is 26.3. The third-order valence-corrected chi connectivity index (χ3v) is 5.33. The molecule has 1 aliphatic heterocycles. The quantitative estimate of drug-likeness (QED) is 0.487. The fraction of sp³-hybridized carbons (Fsp3) is 0.783. The maximum Gasteiger partial charge on any atom is 0.247 e. The van der Waals surface area contributed by atoms with Gasteiger partial charge in [-0.1, -0.05) is 0 Å². The van der Waals surface area contributed by atoms with E-state index in [-0.39, 0.29) is 24.0 Å². The van der Waals surface area contributed by atoms with Crippen LogP contribution in [-0.2, 0) is 30.3 Å². The number of likely N-dealkylation sites (tertiary alicyclic amines) is 1. The van der Waals surface area contributed by atoms with Gasteiger partial charge in [0.2, 0.25) is 11.8 Å². The number of carbonyl (C=O) groups is 2. The first-order valence-electron chi connectivity index (χ1n) is 11.6. The van der Waals surface area contributed by atoms with E-state index in [0.29, 0.717) is 45.4 Å². The minimum Gasteiger partial charge on any atom is -0.379 e. The van der Waals surface area contributed by atoms with Crippen LogP contribution in [0.1, 0.15) is 59.2 Å². The number of nitrogens with one attached hydrogen (secondary N) is 1. The van der Waals surface area contributed by atoms with Crippen molar-refractivity contribution in [3.8, 4) is 0 Å². The number of amides is 2. The van der Waals surface area contributed by atoms with Gasteiger partial charge in [0, 0.05) is 51.5 Å². The van der Waals surface area contributed by atoms with E-state index in [1.165, 1.54) is 6.92 Å². The molecule has 0 radical (unpaired) electrons. The normalized spacial score (nSPS) is 16.2. The van der Waals surface area contributed by atoms with Crippen LogP contribution in [0.2, 0.25) is 0 Å². The number of rotatable bonds is 12. The Balaban J connectivity index is 1.86. The van der Waals surface area contributed by atoms with Crippen molar-refractivity contribution in [1.82, 2.24) is 19.8 Å². The van der Waals surface area contributed by atoms with Crippen LogP contribution in [0.3, 0.4) is 0 Å². The van der Waals surface area contributed by atoms with Gasteiger partial charge in [0.1, 0.15) is 11.9 Å². The summed E-state index contributed by atoms with van der Waals surface area (Å²) in [6, 6.07) is -0.668. The molecule has 2 heterocycles. The van der Waals surface area contributed by atoms with Crippen molar-refractivity contribution in [3.63, 3.8) is 0 Å². The van der Waals surface area contributed by atoms with Gasteiger partial charge in [-0.25, -0.2) is 4.98 Å². The van der Waals surface area contributed by atoms with Gasteiger partial charge in [0.25, 0.3) is 0 Å². The molecule has 32 heavy (non-hydrogen) atoms. The molecule has 2 amide bonds. The second kappa shape index (κ2) is 12.9. The number of aromatic nitrogens is 2. The topological polar surface area (TPSA) is 94.9 Å². The number of ether oxygens (including phenoxy) is 3. The Morgan fingerprint density at radius 1 is 1.19 bits per heavy atom. The zero-order chi connectivity index (χ0) is 23.6. The van der Waals surface area contributed by atoms with Crippen LogP contribution in [0.4, 0.5) is 0 Å². The molecule has 1 N–H and O–H groups in total. The summed E-state index contributed by atoms with van der Waals surface area (Å²) in [6.45, 7) is 13.9. The highest BCUT2D eigenvalue weighted by Gasteiger charge is 2.31. The maximum atomic E-state index is 13.0. The smallest absolute Gasteiger partial charge is 0.247 e. The fourth-order valence-corrected chi connectivity index (χ4v) is 3.73. The fourth-order valence-electron chi connectivity index (χ4n) is 3.73. The second-order valence-electron chi connectivity index (χ2n) is 9.06. The van der Waals surface area contributed by atoms with Crippen LogP contribution in [0, 0.1) is 0 Å². The summed E-state index contributed by atoms with van der Waals surface area (Å²) in [5, 5.41) is 2.74. The van der Waals surface area contributed by atoms with Crippen LogP contribution < -0.4 is 5.32 Å². The summed E-state index contributed by atoms with van der Waals surface area (Å²) in [7, 11) is 0. The molecule has 9 heteroatoms. The van der Waals surface area contributed by atoms with Crippen LogP contribution in [-0.4, -0.2) is 84.0 Å². The van der Waals surface area contributed by atoms with E-state index < -0.39 is 6.04 Å². The molecule has 0 saturated carbocycles. The number of hydrogen-bond donors (Lipinski definition) is 1. The van der Waals surface area contributed by atoms with Gasteiger partial charge in [-0.2, -0.15) is 0 Å². The Hall–Kier alpha value is -1.97. The van der Waals surface area contributed by atoms with Gasteiger partial charge in [0.15, 0.2) is 0 Å². The van der Waals surface area contributed by atoms with E-state index in [9.17, 15) is 9.59 Å². The van der Waals surface area contributed by atoms with Gasteiger partial charge in [0.05, 0.1) is 32.0 Å². The molecule has 0 spiro atoms. The molecule has 1 fully saturated rings. The summed E-state index contributed by atoms with van der Waals surface area (Å²) < 4.78 is 18.8. The van der Waals surface area contributed by atoms with Crippen LogP contribution >= 0.6 is 0 Å². The number of piperidine rings is 1. The summed E-state index contributed by atoms with van der Waals surface area (Å²) in [5.41, 5.74) is -0.381. The van der Waals surface area contributed by atoms with E-state index >= 15 is 0 Å². The predicted octanol–water partition coefficient (Wildman–Crippen LogP) is 1.96. The molecule has 1 saturated heterocycles. The summed E-state index contributed by atoms with van der Waals surface area (Å²) in [5.74, 6) is 1.01. The van der Waals surface area contributed by atoms with Crippen LogP contribution in [0.15, 0.2) is 12.4 Å². The average molecular weight is 453 g/mol. The lowest BCUT2D eigenvalue weighted by molar-refractivity contribution is -0.140. The Morgan fingerprint density at radius 2 is 1.88 bits per heavy atom. The Morgan fingerprint density at radius 3 is 2.50 bits per heavy atom. The monoisotopic (exact) mass is 452 g/mol. The SMILES string of the molecule is CCOCCOCCn1ccnc1C1CCN(C(=O)C(COC(C)(C)C)NC(C)=O)CC1. The van der Waals surface area contributed by atoms with Gasteiger partial charge >= 0.3 is 0 Å². The first-order chi connectivity index (χ1) is 15.2. The van der Waals surface area contributed by atoms with Crippen LogP contribution in [0.25, 0.3) is 0 Å². The molecule has 1 atom stereocenters. The molecule has 1 aromatic rings. The molecule has 1 aliphatic rings. The third-order valence-electron chi connectivity index (χ3n) is 5.33. The van der Waals surface area contributed by atoms with Gasteiger partial charge in [-0.3, -0.25) is 9.59 Å². The lowest BCUT2D eigenvalue weighted by Gasteiger charge is -2.35. The molecular formula is C23H40N4O5. The third kappa shape index (κ3) is 8.88. The van der Waals surface area contributed by atoms with Crippen LogP contribution in [0.5, 0.6) is 0 Å². The van der Waals surface area contributed by atoms with Crippen molar-refractivity contribution >= 4 is 11.8 Å². The highest BCUT2D eigenvalue weighted by atomic mass is 16.5. The first-order valence-corrected chi connectivity index (χ1v) is 11.6. The van der Waals surface area contributed by atoms with E-state index in [1.807, 2.05) is 45.0 Å². The molecule has 1 aromatic heterocycles. The number of imidazole rings is 1. The molecule has 0 bridgehead atoms. The minimum absolute atomic E-state index is 0.0889. The van der Waals surface area contributed by atoms with Gasteiger partial charge < -0.3 is 29.0 Å². The molecule has 9 nitrogen and oxygen atoms in total. The Labute approximate surface area is 191 Å². The summed E-state index contributed by atoms with van der Waals surface area (Å²) >= 11 is 0. The molecule has 0 aromatic carbocycles. The maximum absolute atomic E-state index is 13.0. The summed E-state index contributed by atoms with van der Waals surface area (Å²) in [6.07, 6.45) is 5.47. The lowest BCUT2D eigenvalue weighted by atomic mass is 9.95. The number of hydrogen-bond acceptors (Lipinski definition) is 6. The van der Waals surface area contributed by atoms with Crippen molar-refractivity contribution in [1.29, 1.82) is 0 Å². The highest BCUT2D eigenvalue weighted by molar-refractivity contribution is 5.87. The highest BCUT2D eigenvalue weighted by Crippen LogP contribution is 2.27. The molecule has 1 unspecified atom stereocenters. The van der Waals surface area contributed by atoms with E-state index in [2.05, 4.69) is 14.9 Å². The van der Waals surface area contributed by atoms with E-state index in [0.717, 1.165) is 25.2 Å². The number of nitrogens with zero attached hydrogens (tertiary/aromatic N) is 3. The summed E-state index contributed by atoms with van der Waals surface area (Å²) in [4.78, 5) is 31.0. The predicted molar refractivity (Wildman–Crippen MR) is 121 cm³/mol. The molecule has 0 aliphatic carbocycles. The van der Waals surface area contributed by atoms with Gasteiger partial charge in [-0.15, -0.1) is 0 Å². The van der Waals surface area contributed by atoms with Gasteiger partial charge in [-0.05, 0) is 40.5 Å². The molecular weight excluding hydrogens is 412 g/mol. The lowest BCUT2D eigenvalue weighted by Crippen LogP contribution is -2.53. The Kier molecular flexibility index (Phi) is 10.6. The Bertz CT molecular complexity index is 707. The van der Waals surface area contributed by atoms with E-state index in [1.54, 1.807) is 0 Å². The standard InChI is InChI=1S/C23H40N4O5/c1-6-30-15-16-31-14-13-26-12-9-24-21(26)19-7-10-27(11-8-19)22(29)20(25-18(2)28)17-32-23(3,4)5/h9,12,19-20H,6-8,10-11,13-17H2,1-5H3,(H,25,28). The van der Waals surface area contributed by atoms with Crippen molar-refractivity contribution in [2.24, 2.45) is 0 Å². The molecule has 2 rings (SSSR count). The van der Waals surface area contributed by atoms with Crippen molar-refractivity contribution in [3.05, 3.63) is 18.2 Å². The average Bonchev–Trinajstić information content (AvgIpc) is 3.21. The largest absolute Gasteiger partial charge is 0.379 e. The minimum atomic E-state index is -0.668. The van der Waals surface area contributed by atoms with E-state index in [4.69, 9.17) is 14.2 Å². The van der Waals surface area contributed by atoms with Crippen molar-refractivity contribution in [2.45, 2.75) is 71.6 Å². The second-order valence-corrected chi connectivity index (χ2v) is 9.06. The molecule has 182 valence electrons. The zero-order valence-electron chi connectivity index (χ0n) is 20.3. The van der Waals surface area contributed by atoms with Crippen molar-refractivity contribution < 1.29 is 23.8 Å². The number of carbonyl (C=O) groups excluding carboxylic acids is 2. The zero-order valence-corrected chi connectivity index (χ0v) is 20.3.